The summed E-state index contributed by atoms with van der Waals surface area (Å²) >= 11 is 0. The summed E-state index contributed by atoms with van der Waals surface area (Å²) in [5.41, 5.74) is 9.80. The number of hydrazone groups is 1. The van der Waals surface area contributed by atoms with E-state index in [-0.39, 0.29) is 5.54 Å². The van der Waals surface area contributed by atoms with Gasteiger partial charge in [-0.1, -0.05) is 35.9 Å². The minimum atomic E-state index is -0.00781. The van der Waals surface area contributed by atoms with Gasteiger partial charge in [-0.2, -0.15) is 5.10 Å². The molecular weight excluding hydrogens is 244 g/mol. The van der Waals surface area contributed by atoms with Gasteiger partial charge >= 0.3 is 0 Å². The number of nitrogens with zero attached hydrogens (tertiary/aromatic N) is 1. The number of hydrogen-bond acceptors (Lipinski definition) is 2. The van der Waals surface area contributed by atoms with E-state index in [0.29, 0.717) is 0 Å². The molecule has 1 aromatic carbocycles. The maximum atomic E-state index is 4.37. The molecule has 2 nitrogen and oxygen atoms in total. The third-order valence-corrected chi connectivity index (χ3v) is 3.55. The van der Waals surface area contributed by atoms with Crippen molar-refractivity contribution in [2.24, 2.45) is 5.10 Å². The number of benzene rings is 1. The van der Waals surface area contributed by atoms with Gasteiger partial charge in [0, 0.05) is 11.1 Å². The summed E-state index contributed by atoms with van der Waals surface area (Å²) in [6.45, 7) is 10.7. The van der Waals surface area contributed by atoms with Crippen molar-refractivity contribution in [2.45, 2.75) is 46.6 Å². The minimum absolute atomic E-state index is 0.00781. The number of rotatable bonds is 3. The van der Waals surface area contributed by atoms with Gasteiger partial charge in [0.1, 0.15) is 0 Å². The third-order valence-electron chi connectivity index (χ3n) is 3.55. The van der Waals surface area contributed by atoms with E-state index in [1.54, 1.807) is 0 Å². The van der Waals surface area contributed by atoms with E-state index >= 15 is 0 Å². The van der Waals surface area contributed by atoms with Gasteiger partial charge in [0.05, 0.1) is 6.21 Å². The second-order valence-corrected chi connectivity index (χ2v) is 6.40. The molecule has 0 atom stereocenters. The lowest BCUT2D eigenvalue weighted by Gasteiger charge is -2.17. The highest BCUT2D eigenvalue weighted by molar-refractivity contribution is 5.90. The van der Waals surface area contributed by atoms with Gasteiger partial charge in [0.2, 0.25) is 0 Å². The minimum Gasteiger partial charge on any atom is -0.305 e. The largest absolute Gasteiger partial charge is 0.305 e. The van der Waals surface area contributed by atoms with Crippen LogP contribution in [0.3, 0.4) is 0 Å². The van der Waals surface area contributed by atoms with Crippen LogP contribution in [-0.4, -0.2) is 11.8 Å². The van der Waals surface area contributed by atoms with Crippen molar-refractivity contribution in [1.29, 1.82) is 0 Å². The molecule has 0 unspecified atom stereocenters. The van der Waals surface area contributed by atoms with Crippen LogP contribution in [0.1, 0.15) is 52.2 Å². The average Bonchev–Trinajstić information content (AvgIpc) is 2.69. The summed E-state index contributed by atoms with van der Waals surface area (Å²) in [4.78, 5) is 0. The standard InChI is InChI=1S/C18H24N2/c1-13-10-11-16(14(13)2)17-9-7-6-8-15(17)12-19-20-18(3,4)5/h6-10,12,20H,11H2,1-5H3. The summed E-state index contributed by atoms with van der Waals surface area (Å²) in [5.74, 6) is 0. The Labute approximate surface area is 122 Å². The van der Waals surface area contributed by atoms with E-state index in [2.05, 4.69) is 75.5 Å². The molecular formula is C18H24N2. The zero-order valence-corrected chi connectivity index (χ0v) is 13.1. The molecule has 20 heavy (non-hydrogen) atoms. The Balaban J connectivity index is 2.29. The van der Waals surface area contributed by atoms with Crippen LogP contribution in [-0.2, 0) is 0 Å². The molecule has 106 valence electrons. The van der Waals surface area contributed by atoms with Gasteiger partial charge in [-0.25, -0.2) is 0 Å². The molecule has 1 aromatic rings. The van der Waals surface area contributed by atoms with Crippen LogP contribution in [0.5, 0.6) is 0 Å². The van der Waals surface area contributed by atoms with Crippen molar-refractivity contribution in [3.63, 3.8) is 0 Å². The van der Waals surface area contributed by atoms with Crippen LogP contribution in [0, 0.1) is 0 Å². The highest BCUT2D eigenvalue weighted by Gasteiger charge is 2.14. The molecule has 1 aliphatic rings. The van der Waals surface area contributed by atoms with Gasteiger partial charge in [0.25, 0.3) is 0 Å². The number of nitrogens with one attached hydrogen (secondary N) is 1. The second-order valence-electron chi connectivity index (χ2n) is 6.40. The van der Waals surface area contributed by atoms with Crippen LogP contribution in [0.25, 0.3) is 5.57 Å². The van der Waals surface area contributed by atoms with Gasteiger partial charge in [-0.05, 0) is 57.7 Å². The summed E-state index contributed by atoms with van der Waals surface area (Å²) in [6, 6.07) is 8.46. The Morgan fingerprint density at radius 2 is 1.85 bits per heavy atom. The number of hydrogen-bond donors (Lipinski definition) is 1. The predicted molar refractivity (Wildman–Crippen MR) is 87.9 cm³/mol. The van der Waals surface area contributed by atoms with Gasteiger partial charge in [0.15, 0.2) is 0 Å². The molecule has 0 radical (unpaired) electrons. The van der Waals surface area contributed by atoms with Crippen molar-refractivity contribution >= 4 is 11.8 Å². The molecule has 0 fully saturated rings. The summed E-state index contributed by atoms with van der Waals surface area (Å²) in [7, 11) is 0. The molecule has 2 heteroatoms. The zero-order chi connectivity index (χ0) is 14.8. The van der Waals surface area contributed by atoms with Crippen LogP contribution in [0.2, 0.25) is 0 Å². The van der Waals surface area contributed by atoms with Crippen LogP contribution >= 0.6 is 0 Å². The van der Waals surface area contributed by atoms with E-state index in [0.717, 1.165) is 6.42 Å². The maximum Gasteiger partial charge on any atom is 0.0546 e. The Morgan fingerprint density at radius 1 is 1.15 bits per heavy atom. The van der Waals surface area contributed by atoms with Crippen LogP contribution < -0.4 is 5.43 Å². The predicted octanol–water partition coefficient (Wildman–Crippen LogP) is 4.53. The normalized spacial score (nSPS) is 15.9. The van der Waals surface area contributed by atoms with Gasteiger partial charge in [-0.3, -0.25) is 0 Å². The third kappa shape index (κ3) is 3.38. The quantitative estimate of drug-likeness (QED) is 0.632. The Bertz CT molecular complexity index is 584. The molecule has 1 aliphatic carbocycles. The molecule has 0 heterocycles. The molecule has 1 N–H and O–H groups in total. The topological polar surface area (TPSA) is 24.4 Å². The maximum absolute atomic E-state index is 4.37. The Hall–Kier alpha value is -1.83. The molecule has 0 saturated heterocycles. The Kier molecular flexibility index (Phi) is 4.12. The summed E-state index contributed by atoms with van der Waals surface area (Å²) in [6.07, 6.45) is 5.25. The first kappa shape index (κ1) is 14.6. The van der Waals surface area contributed by atoms with Crippen molar-refractivity contribution in [3.05, 3.63) is 52.6 Å². The molecule has 0 bridgehead atoms. The van der Waals surface area contributed by atoms with Crippen LogP contribution in [0.4, 0.5) is 0 Å². The molecule has 0 saturated carbocycles. The van der Waals surface area contributed by atoms with E-state index in [9.17, 15) is 0 Å². The lowest BCUT2D eigenvalue weighted by atomic mass is 9.96. The second kappa shape index (κ2) is 5.66. The van der Waals surface area contributed by atoms with Crippen molar-refractivity contribution in [3.8, 4) is 0 Å². The fraction of sp³-hybridized carbons (Fsp3) is 0.389. The fourth-order valence-electron chi connectivity index (χ4n) is 2.29. The lowest BCUT2D eigenvalue weighted by molar-refractivity contribution is 0.442. The molecule has 0 spiro atoms. The molecule has 0 aromatic heterocycles. The Morgan fingerprint density at radius 3 is 2.45 bits per heavy atom. The molecule has 0 amide bonds. The smallest absolute Gasteiger partial charge is 0.0546 e. The molecule has 2 rings (SSSR count). The molecule has 0 aliphatic heterocycles. The van der Waals surface area contributed by atoms with E-state index in [1.807, 2.05) is 6.21 Å². The van der Waals surface area contributed by atoms with E-state index in [4.69, 9.17) is 0 Å². The van der Waals surface area contributed by atoms with E-state index in [1.165, 1.54) is 27.8 Å². The van der Waals surface area contributed by atoms with Crippen molar-refractivity contribution in [2.75, 3.05) is 0 Å². The van der Waals surface area contributed by atoms with Crippen molar-refractivity contribution < 1.29 is 0 Å². The van der Waals surface area contributed by atoms with E-state index < -0.39 is 0 Å². The zero-order valence-electron chi connectivity index (χ0n) is 13.1. The first-order valence-corrected chi connectivity index (χ1v) is 7.15. The van der Waals surface area contributed by atoms with Gasteiger partial charge in [-0.15, -0.1) is 0 Å². The lowest BCUT2D eigenvalue weighted by Crippen LogP contribution is -2.31. The first-order chi connectivity index (χ1) is 9.38. The van der Waals surface area contributed by atoms with Crippen molar-refractivity contribution in [1.82, 2.24) is 5.43 Å². The number of allylic oxidation sites excluding steroid dienone is 4. The van der Waals surface area contributed by atoms with Crippen LogP contribution in [0.15, 0.2) is 46.6 Å². The highest BCUT2D eigenvalue weighted by Crippen LogP contribution is 2.34. The SMILES string of the molecule is CC1=CCC(c2ccccc2C=NNC(C)(C)C)=C1C. The average molecular weight is 268 g/mol. The van der Waals surface area contributed by atoms with Gasteiger partial charge < -0.3 is 5.43 Å². The highest BCUT2D eigenvalue weighted by atomic mass is 15.3. The summed E-state index contributed by atoms with van der Waals surface area (Å²) in [5, 5.41) is 4.37. The monoisotopic (exact) mass is 268 g/mol. The summed E-state index contributed by atoms with van der Waals surface area (Å²) < 4.78 is 0. The first-order valence-electron chi connectivity index (χ1n) is 7.15. The fourth-order valence-corrected chi connectivity index (χ4v) is 2.29.